The van der Waals surface area contributed by atoms with E-state index < -0.39 is 12.0 Å². The van der Waals surface area contributed by atoms with Crippen molar-refractivity contribution in [3.63, 3.8) is 0 Å². The molecule has 0 aromatic heterocycles. The number of rotatable bonds is 4. The van der Waals surface area contributed by atoms with Crippen molar-refractivity contribution in [2.45, 2.75) is 32.2 Å². The zero-order valence-corrected chi connectivity index (χ0v) is 12.4. The minimum Gasteiger partial charge on any atom is -0.392 e. The van der Waals surface area contributed by atoms with E-state index in [-0.39, 0.29) is 29.1 Å². The molecule has 5 heteroatoms. The van der Waals surface area contributed by atoms with E-state index in [4.69, 9.17) is 18.0 Å². The van der Waals surface area contributed by atoms with Crippen molar-refractivity contribution in [1.29, 1.82) is 0 Å². The van der Waals surface area contributed by atoms with Crippen molar-refractivity contribution in [1.82, 2.24) is 4.90 Å². The van der Waals surface area contributed by atoms with Gasteiger partial charge in [-0.15, -0.1) is 0 Å². The molecule has 106 valence electrons. The molecule has 2 amide bonds. The molecule has 1 fully saturated rings. The summed E-state index contributed by atoms with van der Waals surface area (Å²) < 4.78 is 0. The van der Waals surface area contributed by atoms with Crippen LogP contribution in [-0.2, 0) is 9.59 Å². The van der Waals surface area contributed by atoms with E-state index in [1.54, 1.807) is 0 Å². The largest absolute Gasteiger partial charge is 0.392 e. The minimum absolute atomic E-state index is 0.00919. The first-order chi connectivity index (χ1) is 9.43. The number of hydrogen-bond acceptors (Lipinski definition) is 3. The van der Waals surface area contributed by atoms with E-state index in [1.165, 1.54) is 4.90 Å². The molecule has 1 aliphatic heterocycles. The Labute approximate surface area is 123 Å². The summed E-state index contributed by atoms with van der Waals surface area (Å²) in [5, 5.41) is 0. The lowest BCUT2D eigenvalue weighted by molar-refractivity contribution is -0.140. The lowest BCUT2D eigenvalue weighted by atomic mass is 9.97. The number of thiocarbonyl (C=S) groups is 1. The van der Waals surface area contributed by atoms with Crippen LogP contribution in [-0.4, -0.2) is 27.7 Å². The van der Waals surface area contributed by atoms with Gasteiger partial charge in [0.1, 0.15) is 0 Å². The molecule has 4 nitrogen and oxygen atoms in total. The normalized spacial score (nSPS) is 20.6. The van der Waals surface area contributed by atoms with Gasteiger partial charge < -0.3 is 5.73 Å². The van der Waals surface area contributed by atoms with Crippen LogP contribution in [0.15, 0.2) is 30.3 Å². The van der Waals surface area contributed by atoms with Crippen LogP contribution in [0.1, 0.15) is 31.7 Å². The van der Waals surface area contributed by atoms with Gasteiger partial charge in [-0.1, -0.05) is 56.4 Å². The molecule has 0 saturated carbocycles. The Morgan fingerprint density at radius 3 is 2.40 bits per heavy atom. The van der Waals surface area contributed by atoms with Gasteiger partial charge >= 0.3 is 0 Å². The standard InChI is InChI=1S/C15H18N2O2S/c1-9(2)13(14(16)20)17-12(18)8-11(15(17)19)10-6-4-3-5-7-10/h3-7,9,11,13H,8H2,1-2H3,(H2,16,20). The molecule has 1 heterocycles. The van der Waals surface area contributed by atoms with Crippen LogP contribution in [0.4, 0.5) is 0 Å². The van der Waals surface area contributed by atoms with E-state index in [0.29, 0.717) is 0 Å². The first-order valence-corrected chi connectivity index (χ1v) is 7.04. The predicted octanol–water partition coefficient (Wildman–Crippen LogP) is 1.84. The van der Waals surface area contributed by atoms with Crippen LogP contribution in [0.3, 0.4) is 0 Å². The second-order valence-corrected chi connectivity index (χ2v) is 5.83. The Hall–Kier alpha value is -1.75. The Bertz CT molecular complexity index is 542. The number of hydrogen-bond donors (Lipinski definition) is 1. The van der Waals surface area contributed by atoms with Gasteiger partial charge in [0.2, 0.25) is 11.8 Å². The molecule has 2 atom stereocenters. The second kappa shape index (κ2) is 5.71. The van der Waals surface area contributed by atoms with Crippen molar-refractivity contribution in [3.05, 3.63) is 35.9 Å². The number of carbonyl (C=O) groups is 2. The van der Waals surface area contributed by atoms with Gasteiger partial charge in [-0.3, -0.25) is 14.5 Å². The van der Waals surface area contributed by atoms with Crippen molar-refractivity contribution >= 4 is 29.0 Å². The highest BCUT2D eigenvalue weighted by molar-refractivity contribution is 7.80. The zero-order valence-electron chi connectivity index (χ0n) is 11.6. The van der Waals surface area contributed by atoms with Crippen molar-refractivity contribution < 1.29 is 9.59 Å². The van der Waals surface area contributed by atoms with Gasteiger partial charge in [0.25, 0.3) is 0 Å². The quantitative estimate of drug-likeness (QED) is 0.679. The lowest BCUT2D eigenvalue weighted by Crippen LogP contribution is -2.50. The maximum Gasteiger partial charge on any atom is 0.237 e. The number of benzene rings is 1. The fourth-order valence-electron chi connectivity index (χ4n) is 2.64. The van der Waals surface area contributed by atoms with Gasteiger partial charge in [0, 0.05) is 6.42 Å². The number of nitrogens with zero attached hydrogens (tertiary/aromatic N) is 1. The average Bonchev–Trinajstić information content (AvgIpc) is 2.67. The van der Waals surface area contributed by atoms with Crippen molar-refractivity contribution in [3.8, 4) is 0 Å². The molecule has 2 N–H and O–H groups in total. The summed E-state index contributed by atoms with van der Waals surface area (Å²) in [7, 11) is 0. The van der Waals surface area contributed by atoms with Gasteiger partial charge in [-0.2, -0.15) is 0 Å². The Morgan fingerprint density at radius 1 is 1.30 bits per heavy atom. The molecular formula is C15H18N2O2S. The van der Waals surface area contributed by atoms with E-state index in [0.717, 1.165) is 5.56 Å². The topological polar surface area (TPSA) is 63.4 Å². The lowest BCUT2D eigenvalue weighted by Gasteiger charge is -2.28. The number of likely N-dealkylation sites (tertiary alicyclic amines) is 1. The molecule has 0 spiro atoms. The Balaban J connectivity index is 2.32. The van der Waals surface area contributed by atoms with E-state index in [1.807, 2.05) is 44.2 Å². The van der Waals surface area contributed by atoms with Crippen LogP contribution >= 0.6 is 12.2 Å². The average molecular weight is 290 g/mol. The van der Waals surface area contributed by atoms with E-state index >= 15 is 0 Å². The van der Waals surface area contributed by atoms with Crippen LogP contribution in [0.5, 0.6) is 0 Å². The molecule has 1 aromatic rings. The fraction of sp³-hybridized carbons (Fsp3) is 0.400. The highest BCUT2D eigenvalue weighted by atomic mass is 32.1. The zero-order chi connectivity index (χ0) is 14.9. The van der Waals surface area contributed by atoms with Crippen LogP contribution in [0.25, 0.3) is 0 Å². The first-order valence-electron chi connectivity index (χ1n) is 6.63. The summed E-state index contributed by atoms with van der Waals surface area (Å²) in [4.78, 5) is 26.2. The molecule has 1 aromatic carbocycles. The van der Waals surface area contributed by atoms with Crippen LogP contribution < -0.4 is 5.73 Å². The highest BCUT2D eigenvalue weighted by Gasteiger charge is 2.44. The summed E-state index contributed by atoms with van der Waals surface area (Å²) in [6.45, 7) is 3.81. The number of imide groups is 1. The highest BCUT2D eigenvalue weighted by Crippen LogP contribution is 2.32. The first kappa shape index (κ1) is 14.7. The molecule has 0 aliphatic carbocycles. The van der Waals surface area contributed by atoms with Gasteiger partial charge in [-0.25, -0.2) is 0 Å². The number of amides is 2. The number of carbonyl (C=O) groups excluding carboxylic acids is 2. The Kier molecular flexibility index (Phi) is 4.18. The maximum absolute atomic E-state index is 12.6. The maximum atomic E-state index is 12.6. The molecule has 20 heavy (non-hydrogen) atoms. The van der Waals surface area contributed by atoms with Crippen molar-refractivity contribution in [2.24, 2.45) is 11.7 Å². The molecule has 2 unspecified atom stereocenters. The molecule has 1 saturated heterocycles. The molecule has 1 aliphatic rings. The Morgan fingerprint density at radius 2 is 1.90 bits per heavy atom. The third-order valence-corrected chi connectivity index (χ3v) is 3.83. The summed E-state index contributed by atoms with van der Waals surface area (Å²) in [6, 6.07) is 8.84. The second-order valence-electron chi connectivity index (χ2n) is 5.36. The third kappa shape index (κ3) is 2.58. The van der Waals surface area contributed by atoms with E-state index in [2.05, 4.69) is 0 Å². The predicted molar refractivity (Wildman–Crippen MR) is 81.1 cm³/mol. The summed E-state index contributed by atoms with van der Waals surface area (Å²) in [6.07, 6.45) is 0.189. The third-order valence-electron chi connectivity index (χ3n) is 3.59. The summed E-state index contributed by atoms with van der Waals surface area (Å²) >= 11 is 5.02. The van der Waals surface area contributed by atoms with Gasteiger partial charge in [0.05, 0.1) is 16.9 Å². The summed E-state index contributed by atoms with van der Waals surface area (Å²) in [5.41, 5.74) is 6.57. The van der Waals surface area contributed by atoms with Crippen molar-refractivity contribution in [2.75, 3.05) is 0 Å². The molecular weight excluding hydrogens is 272 g/mol. The van der Waals surface area contributed by atoms with Crippen LogP contribution in [0, 0.1) is 5.92 Å². The smallest absolute Gasteiger partial charge is 0.237 e. The SMILES string of the molecule is CC(C)C(C(N)=S)N1C(=O)CC(c2ccccc2)C1=O. The fourth-order valence-corrected chi connectivity index (χ4v) is 3.02. The monoisotopic (exact) mass is 290 g/mol. The minimum atomic E-state index is -0.501. The van der Waals surface area contributed by atoms with Gasteiger partial charge in [0.15, 0.2) is 0 Å². The molecule has 0 bridgehead atoms. The number of nitrogens with two attached hydrogens (primary N) is 1. The van der Waals surface area contributed by atoms with E-state index in [9.17, 15) is 9.59 Å². The van der Waals surface area contributed by atoms with Gasteiger partial charge in [-0.05, 0) is 11.5 Å². The summed E-state index contributed by atoms with van der Waals surface area (Å²) in [5.74, 6) is -0.808. The molecule has 2 rings (SSSR count). The molecule has 0 radical (unpaired) electrons. The van der Waals surface area contributed by atoms with Crippen LogP contribution in [0.2, 0.25) is 0 Å².